The fraction of sp³-hybridized carbons (Fsp3) is 0.286. The van der Waals surface area contributed by atoms with E-state index in [0.717, 1.165) is 114 Å². The molecule has 1 aliphatic heterocycles. The number of hydrogen-bond donors (Lipinski definition) is 0. The summed E-state index contributed by atoms with van der Waals surface area (Å²) in [6, 6.07) is 58.0. The lowest BCUT2D eigenvalue weighted by atomic mass is 9.86. The molecular weight excluding hydrogens is 981 g/mol. The first kappa shape index (κ1) is 51.9. The highest BCUT2D eigenvalue weighted by atomic mass is 16.6. The lowest BCUT2D eigenvalue weighted by Gasteiger charge is -2.24. The van der Waals surface area contributed by atoms with E-state index < -0.39 is 0 Å². The van der Waals surface area contributed by atoms with E-state index in [0.29, 0.717) is 91.8 Å². The van der Waals surface area contributed by atoms with Crippen molar-refractivity contribution < 1.29 is 42.3 Å². The van der Waals surface area contributed by atoms with E-state index in [-0.39, 0.29) is 0 Å². The van der Waals surface area contributed by atoms with Crippen LogP contribution in [0.4, 0.5) is 0 Å². The molecular formula is C70H70N2O7+2. The average molecular weight is 1050 g/mol. The summed E-state index contributed by atoms with van der Waals surface area (Å²) in [5.41, 5.74) is 17.9. The molecule has 10 bridgehead atoms. The fourth-order valence-electron chi connectivity index (χ4n) is 12.2. The predicted octanol–water partition coefficient (Wildman–Crippen LogP) is 13.4. The summed E-state index contributed by atoms with van der Waals surface area (Å²) in [6.45, 7) is 8.81. The second-order valence-corrected chi connectivity index (χ2v) is 20.9. The average Bonchev–Trinajstić information content (AvgIpc) is 3.54. The van der Waals surface area contributed by atoms with Crippen molar-refractivity contribution in [3.05, 3.63) is 202 Å². The number of fused-ring (bicyclic) bond motifs is 6. The first-order valence-electron chi connectivity index (χ1n) is 28.3. The van der Waals surface area contributed by atoms with Crippen LogP contribution in [-0.4, -0.2) is 66.1 Å². The zero-order valence-electron chi connectivity index (χ0n) is 46.1. The molecule has 0 saturated heterocycles. The molecule has 9 heteroatoms. The van der Waals surface area contributed by atoms with Gasteiger partial charge in [-0.2, -0.15) is 9.13 Å². The highest BCUT2D eigenvalue weighted by Gasteiger charge is 2.28. The molecule has 0 radical (unpaired) electrons. The van der Waals surface area contributed by atoms with Crippen LogP contribution in [0.5, 0.6) is 23.0 Å². The number of hydrogen-bond acceptors (Lipinski definition) is 7. The highest BCUT2D eigenvalue weighted by Crippen LogP contribution is 2.45. The largest absolute Gasteiger partial charge is 0.493 e. The maximum Gasteiger partial charge on any atom is 0.213 e. The molecule has 3 heterocycles. The minimum Gasteiger partial charge on any atom is -0.493 e. The Balaban J connectivity index is 1.15. The molecule has 0 spiro atoms. The van der Waals surface area contributed by atoms with Crippen molar-refractivity contribution in [2.75, 3.05) is 66.1 Å². The Morgan fingerprint density at radius 1 is 0.354 bits per heavy atom. The smallest absolute Gasteiger partial charge is 0.213 e. The second-order valence-electron chi connectivity index (χ2n) is 20.9. The number of pyridine rings is 2. The van der Waals surface area contributed by atoms with Crippen LogP contribution in [0.3, 0.4) is 0 Å². The van der Waals surface area contributed by atoms with E-state index in [2.05, 4.69) is 195 Å². The minimum atomic E-state index is 0.359. The monoisotopic (exact) mass is 1050 g/mol. The SMILES string of the molecule is CCCOc1c2cccc1Cc1cc(-c3c4ccccc4[n+](C)c4ccccc34)cc3c1OCCOCCOCCOCCOc1c(cc(-c4c5ccccc5[n+](C)c5ccccc45)cc1Cc1cccc(c1OCCC)C3)C2. The minimum absolute atomic E-state index is 0.359. The van der Waals surface area contributed by atoms with E-state index >= 15 is 0 Å². The Morgan fingerprint density at radius 2 is 0.646 bits per heavy atom. The van der Waals surface area contributed by atoms with Crippen LogP contribution in [0.2, 0.25) is 0 Å². The number of para-hydroxylation sites is 6. The molecule has 0 atom stereocenters. The standard InChI is InChI=1S/C70H70N2O7/c1-5-29-76-67-47-17-15-18-48(67)40-54-44-52(66-59-23-9-13-27-63(59)72(4)64-28-14-10-24-60(64)66)46-56-42-50-20-16-19-49(68(50)77-30-6-2)41-55-45-51(65-57-21-7-11-25-61(57)71(3)62-26-12-8-22-58(62)65)43-53(39-47)69(55)78-37-35-74-33-31-73-32-34-75-36-38-79-70(54)56/h7-28,43-46H,5-6,29-42H2,1-4H3/q+2. The molecule has 9 nitrogen and oxygen atoms in total. The number of aryl methyl sites for hydroxylation is 2. The normalized spacial score (nSPS) is 14.5. The highest BCUT2D eigenvalue weighted by molar-refractivity contribution is 6.08. The predicted molar refractivity (Wildman–Crippen MR) is 315 cm³/mol. The van der Waals surface area contributed by atoms with Crippen LogP contribution >= 0.6 is 0 Å². The summed E-state index contributed by atoms with van der Waals surface area (Å²) < 4.78 is 51.3. The molecule has 0 saturated carbocycles. The summed E-state index contributed by atoms with van der Waals surface area (Å²) in [5.74, 6) is 3.49. The maximum atomic E-state index is 7.14. The molecule has 400 valence electrons. The molecule has 0 amide bonds. The van der Waals surface area contributed by atoms with Crippen LogP contribution in [0.15, 0.2) is 158 Å². The van der Waals surface area contributed by atoms with Crippen molar-refractivity contribution >= 4 is 43.6 Å². The number of ether oxygens (including phenoxy) is 7. The molecule has 2 aromatic heterocycles. The third kappa shape index (κ3) is 10.5. The number of aromatic nitrogens is 2. The van der Waals surface area contributed by atoms with Crippen molar-refractivity contribution in [1.29, 1.82) is 0 Å². The topological polar surface area (TPSA) is 72.4 Å². The van der Waals surface area contributed by atoms with Crippen molar-refractivity contribution in [2.24, 2.45) is 14.1 Å². The Kier molecular flexibility index (Phi) is 15.5. The van der Waals surface area contributed by atoms with Crippen LogP contribution < -0.4 is 28.1 Å². The van der Waals surface area contributed by atoms with Gasteiger partial charge in [-0.1, -0.05) is 98.8 Å². The van der Waals surface area contributed by atoms with Gasteiger partial charge in [0, 0.05) is 61.1 Å². The molecule has 12 rings (SSSR count). The molecule has 10 aromatic rings. The van der Waals surface area contributed by atoms with Crippen molar-refractivity contribution in [3.63, 3.8) is 0 Å². The summed E-state index contributed by atoms with van der Waals surface area (Å²) in [4.78, 5) is 0. The number of rotatable bonds is 8. The Hall–Kier alpha value is -7.82. The fourth-order valence-corrected chi connectivity index (χ4v) is 12.2. The van der Waals surface area contributed by atoms with Crippen LogP contribution in [0.1, 0.15) is 71.2 Å². The van der Waals surface area contributed by atoms with Crippen LogP contribution in [0, 0.1) is 0 Å². The summed E-state index contributed by atoms with van der Waals surface area (Å²) >= 11 is 0. The van der Waals surface area contributed by atoms with Gasteiger partial charge < -0.3 is 33.2 Å². The van der Waals surface area contributed by atoms with Crippen molar-refractivity contribution in [3.8, 4) is 45.3 Å². The van der Waals surface area contributed by atoms with Gasteiger partial charge in [-0.15, -0.1) is 0 Å². The van der Waals surface area contributed by atoms with Gasteiger partial charge in [0.15, 0.2) is 0 Å². The Bertz CT molecular complexity index is 3410. The van der Waals surface area contributed by atoms with Crippen molar-refractivity contribution in [1.82, 2.24) is 0 Å². The molecule has 2 aliphatic rings. The second kappa shape index (κ2) is 23.6. The van der Waals surface area contributed by atoms with Gasteiger partial charge in [-0.3, -0.25) is 0 Å². The molecule has 1 aliphatic carbocycles. The molecule has 8 aromatic carbocycles. The molecule has 0 N–H and O–H groups in total. The van der Waals surface area contributed by atoms with Crippen LogP contribution in [-0.2, 0) is 54.0 Å². The van der Waals surface area contributed by atoms with E-state index in [9.17, 15) is 0 Å². The van der Waals surface area contributed by atoms with Crippen molar-refractivity contribution in [2.45, 2.75) is 52.4 Å². The Labute approximate surface area is 463 Å². The van der Waals surface area contributed by atoms with E-state index in [4.69, 9.17) is 33.2 Å². The quantitative estimate of drug-likeness (QED) is 0.111. The maximum absolute atomic E-state index is 7.14. The summed E-state index contributed by atoms with van der Waals surface area (Å²) in [5, 5.41) is 4.74. The summed E-state index contributed by atoms with van der Waals surface area (Å²) in [6.07, 6.45) is 3.93. The van der Waals surface area contributed by atoms with Gasteiger partial charge in [0.05, 0.1) is 74.4 Å². The zero-order valence-corrected chi connectivity index (χ0v) is 46.1. The third-order valence-corrected chi connectivity index (χ3v) is 15.7. The summed E-state index contributed by atoms with van der Waals surface area (Å²) in [7, 11) is 4.34. The first-order valence-corrected chi connectivity index (χ1v) is 28.3. The van der Waals surface area contributed by atoms with E-state index in [1.807, 2.05) is 0 Å². The molecule has 0 fully saturated rings. The lowest BCUT2D eigenvalue weighted by Crippen LogP contribution is -2.30. The molecule has 79 heavy (non-hydrogen) atoms. The van der Waals surface area contributed by atoms with E-state index in [1.54, 1.807) is 0 Å². The van der Waals surface area contributed by atoms with Gasteiger partial charge in [-0.25, -0.2) is 0 Å². The van der Waals surface area contributed by atoms with Gasteiger partial charge in [0.1, 0.15) is 50.3 Å². The van der Waals surface area contributed by atoms with Gasteiger partial charge in [0.2, 0.25) is 22.1 Å². The zero-order chi connectivity index (χ0) is 53.7. The van der Waals surface area contributed by atoms with Gasteiger partial charge in [-0.05, 0) is 117 Å². The molecule has 0 unspecified atom stereocenters. The first-order chi connectivity index (χ1) is 39.0. The van der Waals surface area contributed by atoms with Crippen LogP contribution in [0.25, 0.3) is 65.9 Å². The number of benzene rings is 8. The third-order valence-electron chi connectivity index (χ3n) is 15.7. The van der Waals surface area contributed by atoms with Gasteiger partial charge >= 0.3 is 0 Å². The van der Waals surface area contributed by atoms with Gasteiger partial charge in [0.25, 0.3) is 0 Å². The Morgan fingerprint density at radius 3 is 0.949 bits per heavy atom. The van der Waals surface area contributed by atoms with E-state index in [1.165, 1.54) is 32.7 Å². The number of nitrogens with zero attached hydrogens (tertiary/aromatic N) is 2. The lowest BCUT2D eigenvalue weighted by molar-refractivity contribution is -0.617.